The Bertz CT molecular complexity index is 647. The lowest BCUT2D eigenvalue weighted by Gasteiger charge is -2.07. The van der Waals surface area contributed by atoms with Crippen molar-refractivity contribution in [2.45, 2.75) is 12.8 Å². The summed E-state index contributed by atoms with van der Waals surface area (Å²) in [5.74, 6) is 1.03. The molecule has 0 heterocycles. The lowest BCUT2D eigenvalue weighted by atomic mass is 10.1. The number of benzene rings is 2. The number of guanidine groups is 1. The van der Waals surface area contributed by atoms with Crippen molar-refractivity contribution in [2.24, 2.45) is 10.7 Å². The maximum absolute atomic E-state index is 13.5. The van der Waals surface area contributed by atoms with E-state index in [1.54, 1.807) is 19.2 Å². The van der Waals surface area contributed by atoms with Gasteiger partial charge in [0.05, 0.1) is 7.11 Å². The van der Waals surface area contributed by atoms with Crippen molar-refractivity contribution in [1.29, 1.82) is 0 Å². The summed E-state index contributed by atoms with van der Waals surface area (Å²) in [6.45, 7) is 1.16. The highest BCUT2D eigenvalue weighted by atomic mass is 127. The predicted molar refractivity (Wildman–Crippen MR) is 107 cm³/mol. The zero-order valence-corrected chi connectivity index (χ0v) is 16.0. The summed E-state index contributed by atoms with van der Waals surface area (Å²) >= 11 is 0. The molecule has 0 spiro atoms. The molecule has 0 aliphatic carbocycles. The molecule has 4 nitrogen and oxygen atoms in total. The quantitative estimate of drug-likeness (QED) is 0.393. The zero-order chi connectivity index (χ0) is 16.5. The van der Waals surface area contributed by atoms with Gasteiger partial charge in [0, 0.05) is 13.1 Å². The summed E-state index contributed by atoms with van der Waals surface area (Å²) in [5.41, 5.74) is 7.66. The van der Waals surface area contributed by atoms with E-state index in [0.717, 1.165) is 12.2 Å². The van der Waals surface area contributed by atoms with Gasteiger partial charge in [0.2, 0.25) is 0 Å². The van der Waals surface area contributed by atoms with Gasteiger partial charge >= 0.3 is 0 Å². The smallest absolute Gasteiger partial charge is 0.188 e. The third-order valence-electron chi connectivity index (χ3n) is 3.50. The molecule has 3 N–H and O–H groups in total. The van der Waals surface area contributed by atoms with Crippen LogP contribution in [0.5, 0.6) is 5.75 Å². The van der Waals surface area contributed by atoms with Crippen molar-refractivity contribution in [2.75, 3.05) is 20.2 Å². The summed E-state index contributed by atoms with van der Waals surface area (Å²) in [7, 11) is 1.65. The topological polar surface area (TPSA) is 59.6 Å². The molecule has 0 saturated heterocycles. The molecule has 2 aromatic rings. The lowest BCUT2D eigenvalue weighted by molar-refractivity contribution is 0.414. The number of hydrogen-bond donors (Lipinski definition) is 2. The fourth-order valence-electron chi connectivity index (χ4n) is 2.18. The summed E-state index contributed by atoms with van der Waals surface area (Å²) in [5, 5.41) is 3.06. The summed E-state index contributed by atoms with van der Waals surface area (Å²) < 4.78 is 18.6. The number of nitrogens with zero attached hydrogens (tertiary/aromatic N) is 1. The van der Waals surface area contributed by atoms with Crippen molar-refractivity contribution in [3.05, 3.63) is 65.5 Å². The Balaban J connectivity index is 0.00000288. The van der Waals surface area contributed by atoms with E-state index >= 15 is 0 Å². The molecule has 0 saturated carbocycles. The van der Waals surface area contributed by atoms with E-state index in [2.05, 4.69) is 10.3 Å². The number of rotatable bonds is 7. The highest BCUT2D eigenvalue weighted by Crippen LogP contribution is 2.11. The Hall–Kier alpha value is -1.83. The number of aliphatic imine (C=N–C) groups is 1. The van der Waals surface area contributed by atoms with Crippen molar-refractivity contribution >= 4 is 29.9 Å². The fourth-order valence-corrected chi connectivity index (χ4v) is 2.18. The highest BCUT2D eigenvalue weighted by Gasteiger charge is 2.00. The number of nitrogens with two attached hydrogens (primary N) is 1. The van der Waals surface area contributed by atoms with Crippen LogP contribution in [-0.4, -0.2) is 26.2 Å². The highest BCUT2D eigenvalue weighted by molar-refractivity contribution is 14.0. The maximum Gasteiger partial charge on any atom is 0.188 e. The van der Waals surface area contributed by atoms with Crippen LogP contribution in [0, 0.1) is 5.82 Å². The maximum atomic E-state index is 13.5. The molecule has 0 aromatic heterocycles. The number of methoxy groups -OCH3 is 1. The van der Waals surface area contributed by atoms with Crippen LogP contribution in [0.1, 0.15) is 11.1 Å². The number of hydrogen-bond acceptors (Lipinski definition) is 2. The predicted octanol–water partition coefficient (Wildman–Crippen LogP) is 3.14. The van der Waals surface area contributed by atoms with Crippen LogP contribution in [0.3, 0.4) is 0 Å². The molecular formula is C18H23FIN3O. The number of halogens is 2. The van der Waals surface area contributed by atoms with Crippen molar-refractivity contribution in [3.8, 4) is 5.75 Å². The Labute approximate surface area is 159 Å². The van der Waals surface area contributed by atoms with Crippen LogP contribution in [0.4, 0.5) is 4.39 Å². The van der Waals surface area contributed by atoms with Crippen LogP contribution < -0.4 is 15.8 Å². The molecule has 24 heavy (non-hydrogen) atoms. The van der Waals surface area contributed by atoms with Gasteiger partial charge in [-0.1, -0.05) is 30.3 Å². The third-order valence-corrected chi connectivity index (χ3v) is 3.50. The fraction of sp³-hybridized carbons (Fsp3) is 0.278. The first-order chi connectivity index (χ1) is 11.2. The normalized spacial score (nSPS) is 10.8. The average Bonchev–Trinajstić information content (AvgIpc) is 2.57. The van der Waals surface area contributed by atoms with Crippen LogP contribution in [0.25, 0.3) is 0 Å². The van der Waals surface area contributed by atoms with E-state index < -0.39 is 0 Å². The first-order valence-corrected chi connectivity index (χ1v) is 7.59. The second kappa shape index (κ2) is 10.9. The van der Waals surface area contributed by atoms with Crippen molar-refractivity contribution < 1.29 is 9.13 Å². The van der Waals surface area contributed by atoms with E-state index in [4.69, 9.17) is 10.5 Å². The van der Waals surface area contributed by atoms with Gasteiger partial charge in [-0.3, -0.25) is 4.99 Å². The van der Waals surface area contributed by atoms with Gasteiger partial charge in [-0.2, -0.15) is 0 Å². The van der Waals surface area contributed by atoms with E-state index in [1.165, 1.54) is 11.6 Å². The molecule has 0 radical (unpaired) electrons. The zero-order valence-electron chi connectivity index (χ0n) is 13.7. The molecule has 0 unspecified atom stereocenters. The minimum absolute atomic E-state index is 0. The van der Waals surface area contributed by atoms with Gasteiger partial charge in [0.15, 0.2) is 5.96 Å². The molecule has 2 rings (SSSR count). The average molecular weight is 443 g/mol. The summed E-state index contributed by atoms with van der Waals surface area (Å²) in [6.07, 6.45) is 1.38. The second-order valence-corrected chi connectivity index (χ2v) is 5.13. The van der Waals surface area contributed by atoms with Gasteiger partial charge in [0.25, 0.3) is 0 Å². The Kier molecular flexibility index (Phi) is 9.14. The third kappa shape index (κ3) is 6.74. The standard InChI is InChI=1S/C18H22FN3O.HI/c1-23-16-8-6-14(7-9-16)10-12-21-18(20)22-13-11-15-4-2-3-5-17(15)19;/h2-9H,10-13H2,1H3,(H3,20,21,22);1H. The first kappa shape index (κ1) is 20.2. The monoisotopic (exact) mass is 443 g/mol. The molecule has 0 amide bonds. The molecule has 0 bridgehead atoms. The van der Waals surface area contributed by atoms with Gasteiger partial charge < -0.3 is 15.8 Å². The first-order valence-electron chi connectivity index (χ1n) is 7.59. The number of nitrogens with one attached hydrogen (secondary N) is 1. The Morgan fingerprint density at radius 2 is 1.83 bits per heavy atom. The molecule has 0 fully saturated rings. The number of ether oxygens (including phenoxy) is 1. The van der Waals surface area contributed by atoms with E-state index in [9.17, 15) is 4.39 Å². The SMILES string of the molecule is COc1ccc(CCNC(N)=NCCc2ccccc2F)cc1.I. The van der Waals surface area contributed by atoms with Gasteiger partial charge in [-0.25, -0.2) is 4.39 Å². The van der Waals surface area contributed by atoms with Crippen LogP contribution in [-0.2, 0) is 12.8 Å². The van der Waals surface area contributed by atoms with Crippen LogP contribution in [0.15, 0.2) is 53.5 Å². The van der Waals surface area contributed by atoms with Gasteiger partial charge in [0.1, 0.15) is 11.6 Å². The van der Waals surface area contributed by atoms with E-state index in [0.29, 0.717) is 31.0 Å². The second-order valence-electron chi connectivity index (χ2n) is 5.13. The molecule has 0 aliphatic rings. The van der Waals surface area contributed by atoms with Crippen LogP contribution >= 0.6 is 24.0 Å². The molecule has 130 valence electrons. The summed E-state index contributed by atoms with van der Waals surface area (Å²) in [4.78, 5) is 4.22. The summed E-state index contributed by atoms with van der Waals surface area (Å²) in [6, 6.07) is 14.6. The molecule has 0 aliphatic heterocycles. The minimum atomic E-state index is -0.200. The van der Waals surface area contributed by atoms with E-state index in [1.807, 2.05) is 30.3 Å². The molecule has 2 aromatic carbocycles. The molecule has 6 heteroatoms. The van der Waals surface area contributed by atoms with Crippen molar-refractivity contribution in [1.82, 2.24) is 5.32 Å². The van der Waals surface area contributed by atoms with Crippen molar-refractivity contribution in [3.63, 3.8) is 0 Å². The lowest BCUT2D eigenvalue weighted by Crippen LogP contribution is -2.33. The minimum Gasteiger partial charge on any atom is -0.497 e. The van der Waals surface area contributed by atoms with Crippen LogP contribution in [0.2, 0.25) is 0 Å². The van der Waals surface area contributed by atoms with Gasteiger partial charge in [-0.05, 0) is 42.2 Å². The Morgan fingerprint density at radius 1 is 1.12 bits per heavy atom. The molecular weight excluding hydrogens is 420 g/mol. The molecule has 0 atom stereocenters. The van der Waals surface area contributed by atoms with Gasteiger partial charge in [-0.15, -0.1) is 24.0 Å². The van der Waals surface area contributed by atoms with E-state index in [-0.39, 0.29) is 29.8 Å². The largest absolute Gasteiger partial charge is 0.497 e. The Morgan fingerprint density at radius 3 is 2.50 bits per heavy atom.